The molecule has 1 saturated heterocycles. The van der Waals surface area contributed by atoms with Crippen molar-refractivity contribution in [3.8, 4) is 0 Å². The van der Waals surface area contributed by atoms with Crippen LogP contribution in [-0.2, 0) is 11.2 Å². The SMILES string of the molecule is CCCc1cc(N2CCCC2CNCCOC)ncn1. The third kappa shape index (κ3) is 4.15. The zero-order valence-electron chi connectivity index (χ0n) is 12.6. The molecule has 0 radical (unpaired) electrons. The van der Waals surface area contributed by atoms with E-state index in [0.29, 0.717) is 6.04 Å². The van der Waals surface area contributed by atoms with E-state index in [1.165, 1.54) is 12.8 Å². The lowest BCUT2D eigenvalue weighted by Crippen LogP contribution is -2.39. The molecule has 0 amide bonds. The Morgan fingerprint density at radius 2 is 2.35 bits per heavy atom. The minimum Gasteiger partial charge on any atom is -0.383 e. The summed E-state index contributed by atoms with van der Waals surface area (Å²) in [5.74, 6) is 1.08. The highest BCUT2D eigenvalue weighted by atomic mass is 16.5. The van der Waals surface area contributed by atoms with Crippen LogP contribution in [0.15, 0.2) is 12.4 Å². The van der Waals surface area contributed by atoms with Crippen molar-refractivity contribution in [2.24, 2.45) is 0 Å². The number of nitrogens with one attached hydrogen (secondary N) is 1. The molecule has 5 nitrogen and oxygen atoms in total. The number of aryl methyl sites for hydroxylation is 1. The van der Waals surface area contributed by atoms with Gasteiger partial charge in [0.2, 0.25) is 0 Å². The van der Waals surface area contributed by atoms with Gasteiger partial charge in [-0.15, -0.1) is 0 Å². The van der Waals surface area contributed by atoms with Gasteiger partial charge < -0.3 is 15.0 Å². The van der Waals surface area contributed by atoms with E-state index >= 15 is 0 Å². The standard InChI is InChI=1S/C15H26N4O/c1-3-5-13-10-15(18-12-17-13)19-8-4-6-14(19)11-16-7-9-20-2/h10,12,14,16H,3-9,11H2,1-2H3. The first-order valence-electron chi connectivity index (χ1n) is 7.62. The average Bonchev–Trinajstić information content (AvgIpc) is 2.93. The van der Waals surface area contributed by atoms with E-state index in [9.17, 15) is 0 Å². The molecule has 0 aliphatic carbocycles. The molecule has 2 heterocycles. The van der Waals surface area contributed by atoms with Crippen LogP contribution in [0.25, 0.3) is 0 Å². The molecule has 1 aliphatic heterocycles. The largest absolute Gasteiger partial charge is 0.383 e. The van der Waals surface area contributed by atoms with E-state index in [0.717, 1.165) is 50.6 Å². The van der Waals surface area contributed by atoms with Crippen LogP contribution >= 0.6 is 0 Å². The number of anilines is 1. The maximum absolute atomic E-state index is 5.06. The molecule has 1 aliphatic rings. The first-order valence-corrected chi connectivity index (χ1v) is 7.62. The second kappa shape index (κ2) is 8.17. The number of nitrogens with zero attached hydrogens (tertiary/aromatic N) is 3. The molecule has 0 bridgehead atoms. The molecule has 5 heteroatoms. The highest BCUT2D eigenvalue weighted by molar-refractivity contribution is 5.41. The van der Waals surface area contributed by atoms with Crippen molar-refractivity contribution >= 4 is 5.82 Å². The Morgan fingerprint density at radius 1 is 1.45 bits per heavy atom. The van der Waals surface area contributed by atoms with Crippen molar-refractivity contribution in [2.75, 3.05) is 38.3 Å². The highest BCUT2D eigenvalue weighted by Crippen LogP contribution is 2.23. The van der Waals surface area contributed by atoms with Crippen LogP contribution < -0.4 is 10.2 Å². The molecule has 2 rings (SSSR count). The second-order valence-corrected chi connectivity index (χ2v) is 5.30. The van der Waals surface area contributed by atoms with Gasteiger partial charge in [-0.25, -0.2) is 9.97 Å². The van der Waals surface area contributed by atoms with E-state index in [1.54, 1.807) is 13.4 Å². The van der Waals surface area contributed by atoms with Crippen molar-refractivity contribution < 1.29 is 4.74 Å². The Balaban J connectivity index is 1.93. The maximum Gasteiger partial charge on any atom is 0.132 e. The van der Waals surface area contributed by atoms with E-state index in [2.05, 4.69) is 33.2 Å². The average molecular weight is 278 g/mol. The van der Waals surface area contributed by atoms with Gasteiger partial charge in [-0.1, -0.05) is 13.3 Å². The molecule has 0 spiro atoms. The first-order chi connectivity index (χ1) is 9.85. The molecular formula is C15H26N4O. The van der Waals surface area contributed by atoms with Crippen molar-refractivity contribution in [2.45, 2.75) is 38.6 Å². The Kier molecular flexibility index (Phi) is 6.21. The van der Waals surface area contributed by atoms with Crippen LogP contribution in [0.1, 0.15) is 31.9 Å². The van der Waals surface area contributed by atoms with Crippen LogP contribution in [0.2, 0.25) is 0 Å². The van der Waals surface area contributed by atoms with Gasteiger partial charge in [0.05, 0.1) is 6.61 Å². The molecule has 1 aromatic rings. The summed E-state index contributed by atoms with van der Waals surface area (Å²) >= 11 is 0. The lowest BCUT2D eigenvalue weighted by atomic mass is 10.2. The van der Waals surface area contributed by atoms with Crippen LogP contribution in [-0.4, -0.2) is 49.4 Å². The van der Waals surface area contributed by atoms with Gasteiger partial charge in [0, 0.05) is 44.5 Å². The Morgan fingerprint density at radius 3 is 3.15 bits per heavy atom. The molecule has 1 aromatic heterocycles. The molecule has 1 fully saturated rings. The van der Waals surface area contributed by atoms with Crippen LogP contribution in [0, 0.1) is 0 Å². The first kappa shape index (κ1) is 15.2. The number of aromatic nitrogens is 2. The minimum atomic E-state index is 0.538. The third-order valence-electron chi connectivity index (χ3n) is 3.75. The van der Waals surface area contributed by atoms with Crippen molar-refractivity contribution in [1.82, 2.24) is 15.3 Å². The summed E-state index contributed by atoms with van der Waals surface area (Å²) in [5.41, 5.74) is 1.15. The summed E-state index contributed by atoms with van der Waals surface area (Å²) in [7, 11) is 1.74. The summed E-state index contributed by atoms with van der Waals surface area (Å²) in [6.07, 6.45) is 6.32. The van der Waals surface area contributed by atoms with Gasteiger partial charge in [-0.3, -0.25) is 0 Å². The molecule has 1 atom stereocenters. The van der Waals surface area contributed by atoms with Gasteiger partial charge in [0.15, 0.2) is 0 Å². The Hall–Kier alpha value is -1.20. The summed E-state index contributed by atoms with van der Waals surface area (Å²) < 4.78 is 5.06. The van der Waals surface area contributed by atoms with Crippen LogP contribution in [0.4, 0.5) is 5.82 Å². The van der Waals surface area contributed by atoms with Crippen molar-refractivity contribution in [1.29, 1.82) is 0 Å². The molecule has 1 N–H and O–H groups in total. The van der Waals surface area contributed by atoms with E-state index in [-0.39, 0.29) is 0 Å². The smallest absolute Gasteiger partial charge is 0.132 e. The Bertz CT molecular complexity index is 399. The number of hydrogen-bond acceptors (Lipinski definition) is 5. The molecule has 20 heavy (non-hydrogen) atoms. The fourth-order valence-corrected chi connectivity index (χ4v) is 2.73. The molecule has 0 aromatic carbocycles. The molecule has 112 valence electrons. The normalized spacial score (nSPS) is 18.7. The molecular weight excluding hydrogens is 252 g/mol. The topological polar surface area (TPSA) is 50.3 Å². The lowest BCUT2D eigenvalue weighted by Gasteiger charge is -2.26. The van der Waals surface area contributed by atoms with E-state index in [4.69, 9.17) is 4.74 Å². The summed E-state index contributed by atoms with van der Waals surface area (Å²) in [5, 5.41) is 3.46. The summed E-state index contributed by atoms with van der Waals surface area (Å²) in [6, 6.07) is 2.69. The fourth-order valence-electron chi connectivity index (χ4n) is 2.73. The van der Waals surface area contributed by atoms with E-state index < -0.39 is 0 Å². The second-order valence-electron chi connectivity index (χ2n) is 5.30. The van der Waals surface area contributed by atoms with Gasteiger partial charge >= 0.3 is 0 Å². The van der Waals surface area contributed by atoms with Gasteiger partial charge in [0.25, 0.3) is 0 Å². The quantitative estimate of drug-likeness (QED) is 0.733. The van der Waals surface area contributed by atoms with Crippen molar-refractivity contribution in [3.63, 3.8) is 0 Å². The fraction of sp³-hybridized carbons (Fsp3) is 0.733. The maximum atomic E-state index is 5.06. The number of rotatable bonds is 8. The van der Waals surface area contributed by atoms with Gasteiger partial charge in [-0.2, -0.15) is 0 Å². The van der Waals surface area contributed by atoms with Crippen molar-refractivity contribution in [3.05, 3.63) is 18.1 Å². The number of ether oxygens (including phenoxy) is 1. The Labute approximate surface area is 121 Å². The zero-order valence-corrected chi connectivity index (χ0v) is 12.6. The third-order valence-corrected chi connectivity index (χ3v) is 3.75. The van der Waals surface area contributed by atoms with Crippen LogP contribution in [0.3, 0.4) is 0 Å². The predicted molar refractivity (Wildman–Crippen MR) is 81.1 cm³/mol. The minimum absolute atomic E-state index is 0.538. The number of hydrogen-bond donors (Lipinski definition) is 1. The van der Waals surface area contributed by atoms with E-state index in [1.807, 2.05) is 0 Å². The van der Waals surface area contributed by atoms with Gasteiger partial charge in [0.1, 0.15) is 12.1 Å². The number of methoxy groups -OCH3 is 1. The zero-order chi connectivity index (χ0) is 14.2. The molecule has 0 saturated carbocycles. The monoisotopic (exact) mass is 278 g/mol. The molecule has 1 unspecified atom stereocenters. The highest BCUT2D eigenvalue weighted by Gasteiger charge is 2.25. The lowest BCUT2D eigenvalue weighted by molar-refractivity contribution is 0.199. The van der Waals surface area contributed by atoms with Crippen LogP contribution in [0.5, 0.6) is 0 Å². The summed E-state index contributed by atoms with van der Waals surface area (Å²) in [4.78, 5) is 11.2. The summed E-state index contributed by atoms with van der Waals surface area (Å²) in [6.45, 7) is 5.95. The van der Waals surface area contributed by atoms with Gasteiger partial charge in [-0.05, 0) is 19.3 Å². The predicted octanol–water partition coefficient (Wildman–Crippen LogP) is 1.63.